The van der Waals surface area contributed by atoms with Crippen LogP contribution in [0.25, 0.3) is 0 Å². The highest BCUT2D eigenvalue weighted by molar-refractivity contribution is 6.30. The zero-order valence-corrected chi connectivity index (χ0v) is 11.5. The fourth-order valence-electron chi connectivity index (χ4n) is 1.12. The molecule has 2 rings (SSSR count). The zero-order chi connectivity index (χ0) is 13.7. The molecule has 0 radical (unpaired) electrons. The minimum Gasteiger partial charge on any atom is -0.506 e. The molecule has 2 aromatic rings. The van der Waals surface area contributed by atoms with Crippen LogP contribution in [0.15, 0.2) is 24.5 Å². The Kier molecular flexibility index (Phi) is 5.19. The van der Waals surface area contributed by atoms with Crippen molar-refractivity contribution in [2.45, 2.75) is 13.8 Å². The molecule has 0 spiro atoms. The van der Waals surface area contributed by atoms with E-state index in [0.717, 1.165) is 11.1 Å². The number of anilines is 1. The minimum atomic E-state index is 0.150. The zero-order valence-electron chi connectivity index (χ0n) is 9.98. The average Bonchev–Trinajstić information content (AvgIpc) is 2.30. The number of aromatic nitrogens is 2. The average molecular weight is 286 g/mol. The lowest BCUT2D eigenvalue weighted by Crippen LogP contribution is -1.87. The van der Waals surface area contributed by atoms with E-state index in [4.69, 9.17) is 34.0 Å². The van der Waals surface area contributed by atoms with Gasteiger partial charge in [0, 0.05) is 0 Å². The highest BCUT2D eigenvalue weighted by Crippen LogP contribution is 2.15. The van der Waals surface area contributed by atoms with E-state index in [1.54, 1.807) is 19.1 Å². The lowest BCUT2D eigenvalue weighted by molar-refractivity contribution is 0.472. The summed E-state index contributed by atoms with van der Waals surface area (Å²) in [6, 6.07) is 3.35. The van der Waals surface area contributed by atoms with Crippen molar-refractivity contribution in [3.8, 4) is 5.75 Å². The molecule has 0 aromatic carbocycles. The van der Waals surface area contributed by atoms with Crippen LogP contribution in [0, 0.1) is 13.8 Å². The molecule has 0 unspecified atom stereocenters. The number of rotatable bonds is 0. The topological polar surface area (TPSA) is 72.0 Å². The lowest BCUT2D eigenvalue weighted by Gasteiger charge is -1.95. The lowest BCUT2D eigenvalue weighted by atomic mass is 10.3. The molecule has 0 atom stereocenters. The second kappa shape index (κ2) is 6.42. The maximum absolute atomic E-state index is 8.82. The van der Waals surface area contributed by atoms with Crippen molar-refractivity contribution in [1.29, 1.82) is 0 Å². The molecular weight excluding hydrogens is 273 g/mol. The molecule has 0 amide bonds. The van der Waals surface area contributed by atoms with Crippen molar-refractivity contribution < 1.29 is 5.11 Å². The van der Waals surface area contributed by atoms with Gasteiger partial charge < -0.3 is 10.8 Å². The van der Waals surface area contributed by atoms with Crippen LogP contribution in [-0.2, 0) is 0 Å². The monoisotopic (exact) mass is 285 g/mol. The summed E-state index contributed by atoms with van der Waals surface area (Å²) in [5, 5.41) is 9.77. The number of hydrogen-bond acceptors (Lipinski definition) is 4. The third-order valence-corrected chi connectivity index (χ3v) is 2.83. The van der Waals surface area contributed by atoms with Crippen molar-refractivity contribution in [3.63, 3.8) is 0 Å². The van der Waals surface area contributed by atoms with E-state index >= 15 is 0 Å². The molecule has 4 nitrogen and oxygen atoms in total. The number of aromatic hydroxyl groups is 1. The molecule has 2 aromatic heterocycles. The Hall–Kier alpha value is -1.52. The molecule has 18 heavy (non-hydrogen) atoms. The summed E-state index contributed by atoms with van der Waals surface area (Å²) >= 11 is 11.2. The summed E-state index contributed by atoms with van der Waals surface area (Å²) in [4.78, 5) is 7.51. The van der Waals surface area contributed by atoms with Crippen molar-refractivity contribution in [2.24, 2.45) is 0 Å². The van der Waals surface area contributed by atoms with Gasteiger partial charge in [0.05, 0.1) is 18.1 Å². The van der Waals surface area contributed by atoms with Crippen LogP contribution in [0.3, 0.4) is 0 Å². The maximum Gasteiger partial charge on any atom is 0.134 e. The Morgan fingerprint density at radius 2 is 1.50 bits per heavy atom. The Bertz CT molecular complexity index is 497. The molecule has 0 fully saturated rings. The van der Waals surface area contributed by atoms with Crippen LogP contribution in [0.1, 0.15) is 11.1 Å². The molecule has 0 bridgehead atoms. The van der Waals surface area contributed by atoms with Gasteiger partial charge in [-0.15, -0.1) is 0 Å². The van der Waals surface area contributed by atoms with Gasteiger partial charge in [-0.05, 0) is 37.1 Å². The largest absolute Gasteiger partial charge is 0.506 e. The van der Waals surface area contributed by atoms with Gasteiger partial charge in [-0.25, -0.2) is 9.97 Å². The van der Waals surface area contributed by atoms with Gasteiger partial charge in [0.15, 0.2) is 0 Å². The number of aryl methyl sites for hydroxylation is 2. The van der Waals surface area contributed by atoms with Gasteiger partial charge in [0.25, 0.3) is 0 Å². The quantitative estimate of drug-likeness (QED) is 0.728. The molecule has 96 valence electrons. The van der Waals surface area contributed by atoms with Crippen molar-refractivity contribution >= 4 is 28.9 Å². The van der Waals surface area contributed by atoms with Crippen LogP contribution in [0.4, 0.5) is 5.69 Å². The second-order valence-corrected chi connectivity index (χ2v) is 4.39. The summed E-state index contributed by atoms with van der Waals surface area (Å²) in [5.74, 6) is 0.150. The van der Waals surface area contributed by atoms with E-state index in [1.807, 2.05) is 6.92 Å². The molecule has 0 saturated heterocycles. The fourth-order valence-corrected chi connectivity index (χ4v) is 1.33. The molecule has 0 saturated carbocycles. The Morgan fingerprint density at radius 1 is 1.00 bits per heavy atom. The highest BCUT2D eigenvalue weighted by atomic mass is 35.5. The fraction of sp³-hybridized carbons (Fsp3) is 0.167. The summed E-state index contributed by atoms with van der Waals surface area (Å²) in [6.07, 6.45) is 2.85. The highest BCUT2D eigenvalue weighted by Gasteiger charge is 1.95. The molecule has 3 N–H and O–H groups in total. The van der Waals surface area contributed by atoms with Crippen LogP contribution >= 0.6 is 23.2 Å². The number of halogens is 2. The first-order valence-electron chi connectivity index (χ1n) is 5.09. The molecule has 0 aliphatic rings. The Labute approximate surface area is 115 Å². The second-order valence-electron chi connectivity index (χ2n) is 3.68. The predicted octanol–water partition coefficient (Wildman–Crippen LogP) is 3.37. The number of nitrogens with zero attached hydrogens (tertiary/aromatic N) is 2. The van der Waals surface area contributed by atoms with Crippen molar-refractivity contribution in [1.82, 2.24) is 9.97 Å². The van der Waals surface area contributed by atoms with E-state index in [2.05, 4.69) is 9.97 Å². The first-order valence-corrected chi connectivity index (χ1v) is 5.84. The van der Waals surface area contributed by atoms with E-state index in [9.17, 15) is 0 Å². The minimum absolute atomic E-state index is 0.150. The van der Waals surface area contributed by atoms with Gasteiger partial charge >= 0.3 is 0 Å². The molecule has 0 aliphatic heterocycles. The molecule has 0 aliphatic carbocycles. The maximum atomic E-state index is 8.82. The third kappa shape index (κ3) is 4.39. The summed E-state index contributed by atoms with van der Waals surface area (Å²) < 4.78 is 0. The normalized spacial score (nSPS) is 9.56. The van der Waals surface area contributed by atoms with Crippen molar-refractivity contribution in [2.75, 3.05) is 5.73 Å². The van der Waals surface area contributed by atoms with E-state index in [0.29, 0.717) is 16.0 Å². The summed E-state index contributed by atoms with van der Waals surface area (Å²) in [5.41, 5.74) is 7.76. The van der Waals surface area contributed by atoms with Crippen molar-refractivity contribution in [3.05, 3.63) is 46.0 Å². The Balaban J connectivity index is 0.000000180. The van der Waals surface area contributed by atoms with Gasteiger partial charge in [-0.3, -0.25) is 0 Å². The van der Waals surface area contributed by atoms with Crippen LogP contribution in [0.2, 0.25) is 10.3 Å². The molecule has 2 heterocycles. The van der Waals surface area contributed by atoms with E-state index in [1.165, 1.54) is 12.4 Å². The van der Waals surface area contributed by atoms with Gasteiger partial charge in [-0.2, -0.15) is 0 Å². The van der Waals surface area contributed by atoms with Gasteiger partial charge in [0.1, 0.15) is 16.1 Å². The molecular formula is C12H13Cl2N3O. The number of hydrogen-bond donors (Lipinski definition) is 2. The first-order chi connectivity index (χ1) is 8.40. The summed E-state index contributed by atoms with van der Waals surface area (Å²) in [7, 11) is 0. The predicted molar refractivity (Wildman–Crippen MR) is 74.0 cm³/mol. The number of nitrogen functional groups attached to an aromatic ring is 1. The van der Waals surface area contributed by atoms with Crippen LogP contribution in [-0.4, -0.2) is 15.1 Å². The number of pyridine rings is 2. The van der Waals surface area contributed by atoms with Crippen LogP contribution < -0.4 is 5.73 Å². The third-order valence-electron chi connectivity index (χ3n) is 2.04. The smallest absolute Gasteiger partial charge is 0.134 e. The SMILES string of the molecule is Cc1cc(N)cnc1Cl.Cc1cc(O)cnc1Cl. The first kappa shape index (κ1) is 14.5. The van der Waals surface area contributed by atoms with Gasteiger partial charge in [0.2, 0.25) is 0 Å². The van der Waals surface area contributed by atoms with E-state index in [-0.39, 0.29) is 5.75 Å². The van der Waals surface area contributed by atoms with E-state index < -0.39 is 0 Å². The number of nitrogens with two attached hydrogens (primary N) is 1. The standard InChI is InChI=1S/C6H7ClN2.C6H6ClNO/c1-4-2-5(8)3-9-6(4)7;1-4-2-5(9)3-8-6(4)7/h2-3H,8H2,1H3;2-3,9H,1H3. The summed E-state index contributed by atoms with van der Waals surface area (Å²) in [6.45, 7) is 3.65. The van der Waals surface area contributed by atoms with Gasteiger partial charge in [-0.1, -0.05) is 23.2 Å². The molecule has 6 heteroatoms. The van der Waals surface area contributed by atoms with Crippen LogP contribution in [0.5, 0.6) is 5.75 Å². The Morgan fingerprint density at radius 3 is 1.89 bits per heavy atom.